The number of benzene rings is 1. The van der Waals surface area contributed by atoms with Crippen molar-refractivity contribution in [2.45, 2.75) is 31.8 Å². The van der Waals surface area contributed by atoms with Crippen LogP contribution in [-0.4, -0.2) is 17.8 Å². The molecule has 0 bridgehead atoms. The second kappa shape index (κ2) is 3.99. The monoisotopic (exact) mass is 232 g/mol. The van der Waals surface area contributed by atoms with Crippen LogP contribution in [0, 0.1) is 0 Å². The SMILES string of the molecule is CCCOc1cc2c(cc1O)[C@@H]1CC=C[C@@H]1O2. The molecule has 1 aliphatic heterocycles. The summed E-state index contributed by atoms with van der Waals surface area (Å²) in [6.45, 7) is 2.65. The Hall–Kier alpha value is -1.64. The lowest BCUT2D eigenvalue weighted by atomic mass is 9.96. The molecule has 1 aromatic carbocycles. The number of phenols is 1. The van der Waals surface area contributed by atoms with Crippen molar-refractivity contribution in [2.24, 2.45) is 0 Å². The van der Waals surface area contributed by atoms with E-state index in [1.54, 1.807) is 6.07 Å². The first-order valence-corrected chi connectivity index (χ1v) is 6.12. The van der Waals surface area contributed by atoms with Crippen molar-refractivity contribution in [2.75, 3.05) is 6.61 Å². The Morgan fingerprint density at radius 1 is 1.47 bits per heavy atom. The number of hydrogen-bond donors (Lipinski definition) is 1. The lowest BCUT2D eigenvalue weighted by Crippen LogP contribution is -2.10. The Morgan fingerprint density at radius 2 is 2.35 bits per heavy atom. The first kappa shape index (κ1) is 10.5. The molecule has 3 rings (SSSR count). The van der Waals surface area contributed by atoms with Gasteiger partial charge in [0.25, 0.3) is 0 Å². The number of fused-ring (bicyclic) bond motifs is 3. The van der Waals surface area contributed by atoms with Gasteiger partial charge in [-0.2, -0.15) is 0 Å². The van der Waals surface area contributed by atoms with Crippen LogP contribution in [0.25, 0.3) is 0 Å². The standard InChI is InChI=1S/C14H16O3/c1-2-6-16-14-8-13-10(7-11(14)15)9-4-3-5-12(9)17-13/h3,5,7-9,12,15H,2,4,6H2,1H3/t9-,12-/m0/s1. The molecule has 0 radical (unpaired) electrons. The van der Waals surface area contributed by atoms with Gasteiger partial charge in [-0.3, -0.25) is 0 Å². The molecular formula is C14H16O3. The predicted molar refractivity (Wildman–Crippen MR) is 64.8 cm³/mol. The topological polar surface area (TPSA) is 38.7 Å². The molecule has 0 saturated heterocycles. The molecule has 0 saturated carbocycles. The molecule has 3 heteroatoms. The van der Waals surface area contributed by atoms with Gasteiger partial charge in [0.15, 0.2) is 11.5 Å². The van der Waals surface area contributed by atoms with Gasteiger partial charge in [-0.1, -0.05) is 13.0 Å². The number of allylic oxidation sites excluding steroid dienone is 1. The van der Waals surface area contributed by atoms with Crippen LogP contribution in [-0.2, 0) is 0 Å². The number of hydrogen-bond acceptors (Lipinski definition) is 3. The minimum atomic E-state index is 0.144. The first-order chi connectivity index (χ1) is 8.29. The molecule has 2 atom stereocenters. The predicted octanol–water partition coefficient (Wildman–Crippen LogP) is 2.99. The van der Waals surface area contributed by atoms with Crippen molar-refractivity contribution in [1.82, 2.24) is 0 Å². The zero-order valence-electron chi connectivity index (χ0n) is 9.85. The van der Waals surface area contributed by atoms with E-state index in [9.17, 15) is 5.11 Å². The summed E-state index contributed by atoms with van der Waals surface area (Å²) in [5.74, 6) is 1.97. The summed E-state index contributed by atoms with van der Waals surface area (Å²) in [7, 11) is 0. The van der Waals surface area contributed by atoms with E-state index >= 15 is 0 Å². The van der Waals surface area contributed by atoms with Gasteiger partial charge in [0.1, 0.15) is 11.9 Å². The Balaban J connectivity index is 1.91. The van der Waals surface area contributed by atoms with Gasteiger partial charge < -0.3 is 14.6 Å². The number of aromatic hydroxyl groups is 1. The molecule has 1 heterocycles. The number of ether oxygens (including phenoxy) is 2. The normalized spacial score (nSPS) is 24.3. The van der Waals surface area contributed by atoms with Crippen molar-refractivity contribution in [3.05, 3.63) is 29.8 Å². The van der Waals surface area contributed by atoms with Crippen molar-refractivity contribution in [3.8, 4) is 17.2 Å². The molecule has 1 aliphatic carbocycles. The van der Waals surface area contributed by atoms with Gasteiger partial charge in [-0.05, 0) is 25.0 Å². The van der Waals surface area contributed by atoms with Gasteiger partial charge in [-0.25, -0.2) is 0 Å². The molecule has 0 unspecified atom stereocenters. The van der Waals surface area contributed by atoms with Crippen LogP contribution in [0.5, 0.6) is 17.2 Å². The first-order valence-electron chi connectivity index (χ1n) is 6.12. The minimum absolute atomic E-state index is 0.144. The summed E-state index contributed by atoms with van der Waals surface area (Å²) in [6, 6.07) is 3.60. The Bertz CT molecular complexity index is 465. The van der Waals surface area contributed by atoms with E-state index in [1.165, 1.54) is 0 Å². The van der Waals surface area contributed by atoms with Crippen molar-refractivity contribution >= 4 is 0 Å². The summed E-state index contributed by atoms with van der Waals surface area (Å²) in [5, 5.41) is 9.92. The van der Waals surface area contributed by atoms with E-state index in [-0.39, 0.29) is 11.9 Å². The summed E-state index contributed by atoms with van der Waals surface area (Å²) in [6.07, 6.45) is 6.29. The van der Waals surface area contributed by atoms with E-state index in [0.717, 1.165) is 24.2 Å². The molecule has 0 spiro atoms. The molecule has 2 aliphatic rings. The quantitative estimate of drug-likeness (QED) is 0.814. The minimum Gasteiger partial charge on any atom is -0.504 e. The highest BCUT2D eigenvalue weighted by Gasteiger charge is 2.35. The van der Waals surface area contributed by atoms with E-state index in [4.69, 9.17) is 9.47 Å². The molecule has 1 aromatic rings. The Kier molecular flexibility index (Phi) is 2.46. The fourth-order valence-electron chi connectivity index (χ4n) is 2.48. The lowest BCUT2D eigenvalue weighted by Gasteiger charge is -2.09. The Labute approximate surface area is 101 Å². The molecule has 0 aromatic heterocycles. The summed E-state index contributed by atoms with van der Waals surface area (Å²) < 4.78 is 11.3. The lowest BCUT2D eigenvalue weighted by molar-refractivity contribution is 0.262. The van der Waals surface area contributed by atoms with Crippen LogP contribution in [0.1, 0.15) is 31.2 Å². The van der Waals surface area contributed by atoms with Crippen molar-refractivity contribution < 1.29 is 14.6 Å². The van der Waals surface area contributed by atoms with Crippen molar-refractivity contribution in [1.29, 1.82) is 0 Å². The maximum absolute atomic E-state index is 9.92. The molecule has 3 nitrogen and oxygen atoms in total. The molecule has 0 fully saturated rings. The fourth-order valence-corrected chi connectivity index (χ4v) is 2.48. The number of rotatable bonds is 3. The zero-order valence-corrected chi connectivity index (χ0v) is 9.85. The third kappa shape index (κ3) is 1.66. The number of phenolic OH excluding ortho intramolecular Hbond substituents is 1. The van der Waals surface area contributed by atoms with E-state index < -0.39 is 0 Å². The Morgan fingerprint density at radius 3 is 3.18 bits per heavy atom. The average Bonchev–Trinajstić information content (AvgIpc) is 2.87. The van der Waals surface area contributed by atoms with Crippen molar-refractivity contribution in [3.63, 3.8) is 0 Å². The highest BCUT2D eigenvalue weighted by Crippen LogP contribution is 2.48. The molecule has 1 N–H and O–H groups in total. The van der Waals surface area contributed by atoms with Crippen LogP contribution < -0.4 is 9.47 Å². The second-order valence-corrected chi connectivity index (χ2v) is 4.56. The summed E-state index contributed by atoms with van der Waals surface area (Å²) in [5.41, 5.74) is 1.10. The third-order valence-electron chi connectivity index (χ3n) is 3.33. The van der Waals surface area contributed by atoms with Crippen LogP contribution in [0.2, 0.25) is 0 Å². The highest BCUT2D eigenvalue weighted by atomic mass is 16.5. The molecule has 17 heavy (non-hydrogen) atoms. The smallest absolute Gasteiger partial charge is 0.164 e. The van der Waals surface area contributed by atoms with Gasteiger partial charge in [0.2, 0.25) is 0 Å². The van der Waals surface area contributed by atoms with Gasteiger partial charge >= 0.3 is 0 Å². The third-order valence-corrected chi connectivity index (χ3v) is 3.33. The van der Waals surface area contributed by atoms with E-state index in [0.29, 0.717) is 18.3 Å². The zero-order chi connectivity index (χ0) is 11.8. The van der Waals surface area contributed by atoms with Crippen LogP contribution >= 0.6 is 0 Å². The summed E-state index contributed by atoms with van der Waals surface area (Å²) in [4.78, 5) is 0. The second-order valence-electron chi connectivity index (χ2n) is 4.56. The van der Waals surface area contributed by atoms with Gasteiger partial charge in [-0.15, -0.1) is 0 Å². The summed E-state index contributed by atoms with van der Waals surface area (Å²) >= 11 is 0. The van der Waals surface area contributed by atoms with E-state index in [1.807, 2.05) is 13.0 Å². The largest absolute Gasteiger partial charge is 0.504 e. The van der Waals surface area contributed by atoms with Crippen LogP contribution in [0.15, 0.2) is 24.3 Å². The highest BCUT2D eigenvalue weighted by molar-refractivity contribution is 5.54. The molecule has 90 valence electrons. The van der Waals surface area contributed by atoms with E-state index in [2.05, 4.69) is 12.2 Å². The molecule has 0 amide bonds. The average molecular weight is 232 g/mol. The maximum atomic E-state index is 9.92. The van der Waals surface area contributed by atoms with Gasteiger partial charge in [0, 0.05) is 17.5 Å². The maximum Gasteiger partial charge on any atom is 0.164 e. The molecular weight excluding hydrogens is 216 g/mol. The van der Waals surface area contributed by atoms with Gasteiger partial charge in [0.05, 0.1) is 6.61 Å². The van der Waals surface area contributed by atoms with Crippen LogP contribution in [0.3, 0.4) is 0 Å². The fraction of sp³-hybridized carbons (Fsp3) is 0.429. The van der Waals surface area contributed by atoms with Crippen LogP contribution in [0.4, 0.5) is 0 Å².